The van der Waals surface area contributed by atoms with Gasteiger partial charge in [-0.05, 0) is 30.5 Å². The van der Waals surface area contributed by atoms with E-state index in [2.05, 4.69) is 43.4 Å². The van der Waals surface area contributed by atoms with Crippen molar-refractivity contribution in [3.05, 3.63) is 35.4 Å². The van der Waals surface area contributed by atoms with Crippen LogP contribution >= 0.6 is 0 Å². The monoisotopic (exact) mass is 221 g/mol. The van der Waals surface area contributed by atoms with Gasteiger partial charge < -0.3 is 10.1 Å². The molecule has 0 saturated heterocycles. The first kappa shape index (κ1) is 13.2. The molecular formula is C14H23NO. The van der Waals surface area contributed by atoms with Gasteiger partial charge in [-0.15, -0.1) is 0 Å². The fourth-order valence-corrected chi connectivity index (χ4v) is 1.54. The first-order valence-corrected chi connectivity index (χ1v) is 6.05. The number of hydrogen-bond acceptors (Lipinski definition) is 2. The van der Waals surface area contributed by atoms with Gasteiger partial charge >= 0.3 is 0 Å². The molecule has 0 aliphatic rings. The normalized spacial score (nSPS) is 11.0. The number of rotatable bonds is 7. The number of benzene rings is 1. The van der Waals surface area contributed by atoms with Gasteiger partial charge in [-0.3, -0.25) is 0 Å². The molecule has 0 heterocycles. The van der Waals surface area contributed by atoms with Gasteiger partial charge in [0.15, 0.2) is 0 Å². The van der Waals surface area contributed by atoms with Crippen LogP contribution in [0.3, 0.4) is 0 Å². The quantitative estimate of drug-likeness (QED) is 0.715. The van der Waals surface area contributed by atoms with E-state index in [1.54, 1.807) is 0 Å². The van der Waals surface area contributed by atoms with E-state index in [0.717, 1.165) is 26.2 Å². The molecule has 1 N–H and O–H groups in total. The zero-order chi connectivity index (χ0) is 11.8. The summed E-state index contributed by atoms with van der Waals surface area (Å²) in [4.78, 5) is 0. The molecule has 16 heavy (non-hydrogen) atoms. The summed E-state index contributed by atoms with van der Waals surface area (Å²) >= 11 is 0. The van der Waals surface area contributed by atoms with Crippen molar-refractivity contribution in [2.24, 2.45) is 0 Å². The van der Waals surface area contributed by atoms with Crippen LogP contribution in [0.15, 0.2) is 24.3 Å². The lowest BCUT2D eigenvalue weighted by molar-refractivity contribution is 0.140. The summed E-state index contributed by atoms with van der Waals surface area (Å²) in [6, 6.07) is 8.84. The van der Waals surface area contributed by atoms with Gasteiger partial charge in [-0.2, -0.15) is 0 Å². The second kappa shape index (κ2) is 7.42. The number of ether oxygens (including phenoxy) is 1. The van der Waals surface area contributed by atoms with Gasteiger partial charge in [0.2, 0.25) is 0 Å². The lowest BCUT2D eigenvalue weighted by Crippen LogP contribution is -2.15. The van der Waals surface area contributed by atoms with Crippen LogP contribution in [0.5, 0.6) is 0 Å². The summed E-state index contributed by atoms with van der Waals surface area (Å²) in [5.41, 5.74) is 2.76. The molecule has 0 fully saturated rings. The standard InChI is InChI=1S/C14H23NO/c1-12(2)14-6-4-13(5-7-14)8-10-16-11-9-15-3/h4-7,12,15H,8-11H2,1-3H3. The van der Waals surface area contributed by atoms with Crippen LogP contribution in [0.2, 0.25) is 0 Å². The number of nitrogens with one attached hydrogen (secondary N) is 1. The van der Waals surface area contributed by atoms with Crippen LogP contribution in [-0.4, -0.2) is 26.8 Å². The van der Waals surface area contributed by atoms with Crippen molar-refractivity contribution < 1.29 is 4.74 Å². The van der Waals surface area contributed by atoms with E-state index < -0.39 is 0 Å². The second-order valence-electron chi connectivity index (χ2n) is 4.36. The fraction of sp³-hybridized carbons (Fsp3) is 0.571. The minimum absolute atomic E-state index is 0.612. The summed E-state index contributed by atoms with van der Waals surface area (Å²) in [6.45, 7) is 6.96. The predicted octanol–water partition coefficient (Wildman–Crippen LogP) is 2.59. The topological polar surface area (TPSA) is 21.3 Å². The van der Waals surface area contributed by atoms with Crippen LogP contribution in [0.1, 0.15) is 30.9 Å². The Hall–Kier alpha value is -0.860. The minimum Gasteiger partial charge on any atom is -0.380 e. The molecule has 0 aliphatic carbocycles. The SMILES string of the molecule is CNCCOCCc1ccc(C(C)C)cc1. The van der Waals surface area contributed by atoms with Crippen molar-refractivity contribution >= 4 is 0 Å². The maximum absolute atomic E-state index is 5.49. The highest BCUT2D eigenvalue weighted by Crippen LogP contribution is 2.14. The molecule has 1 aromatic carbocycles. The molecule has 0 radical (unpaired) electrons. The van der Waals surface area contributed by atoms with Gasteiger partial charge in [0.05, 0.1) is 13.2 Å². The summed E-state index contributed by atoms with van der Waals surface area (Å²) in [6.07, 6.45) is 1.00. The van der Waals surface area contributed by atoms with Gasteiger partial charge in [0.25, 0.3) is 0 Å². The smallest absolute Gasteiger partial charge is 0.0590 e. The van der Waals surface area contributed by atoms with Crippen LogP contribution in [0, 0.1) is 0 Å². The predicted molar refractivity (Wildman–Crippen MR) is 69.0 cm³/mol. The highest BCUT2D eigenvalue weighted by molar-refractivity contribution is 5.24. The molecule has 0 bridgehead atoms. The summed E-state index contributed by atoms with van der Waals surface area (Å²) in [5.74, 6) is 0.612. The van der Waals surface area contributed by atoms with Crippen molar-refractivity contribution in [1.29, 1.82) is 0 Å². The third-order valence-electron chi connectivity index (χ3n) is 2.68. The molecule has 2 heteroatoms. The fourth-order valence-electron chi connectivity index (χ4n) is 1.54. The highest BCUT2D eigenvalue weighted by Gasteiger charge is 1.98. The van der Waals surface area contributed by atoms with Crippen LogP contribution in [0.25, 0.3) is 0 Å². The van der Waals surface area contributed by atoms with E-state index >= 15 is 0 Å². The first-order valence-electron chi connectivity index (χ1n) is 6.05. The largest absolute Gasteiger partial charge is 0.380 e. The molecule has 0 atom stereocenters. The Morgan fingerprint density at radius 2 is 1.81 bits per heavy atom. The van der Waals surface area contributed by atoms with E-state index in [1.807, 2.05) is 7.05 Å². The van der Waals surface area contributed by atoms with Crippen LogP contribution < -0.4 is 5.32 Å². The average molecular weight is 221 g/mol. The molecule has 0 aromatic heterocycles. The van der Waals surface area contributed by atoms with Gasteiger partial charge in [-0.1, -0.05) is 38.1 Å². The van der Waals surface area contributed by atoms with E-state index in [4.69, 9.17) is 4.74 Å². The van der Waals surface area contributed by atoms with Crippen molar-refractivity contribution in [1.82, 2.24) is 5.32 Å². The molecule has 1 aromatic rings. The third kappa shape index (κ3) is 4.77. The highest BCUT2D eigenvalue weighted by atomic mass is 16.5. The maximum Gasteiger partial charge on any atom is 0.0590 e. The second-order valence-corrected chi connectivity index (χ2v) is 4.36. The van der Waals surface area contributed by atoms with Gasteiger partial charge in [-0.25, -0.2) is 0 Å². The van der Waals surface area contributed by atoms with E-state index in [0.29, 0.717) is 5.92 Å². The summed E-state index contributed by atoms with van der Waals surface area (Å²) < 4.78 is 5.49. The Labute approximate surface area is 99.0 Å². The first-order chi connectivity index (χ1) is 7.74. The van der Waals surface area contributed by atoms with Crippen LogP contribution in [0.4, 0.5) is 0 Å². The summed E-state index contributed by atoms with van der Waals surface area (Å²) in [5, 5.41) is 3.06. The van der Waals surface area contributed by atoms with Crippen molar-refractivity contribution in [3.8, 4) is 0 Å². The Morgan fingerprint density at radius 3 is 2.38 bits per heavy atom. The van der Waals surface area contributed by atoms with Crippen molar-refractivity contribution in [3.63, 3.8) is 0 Å². The Morgan fingerprint density at radius 1 is 1.12 bits per heavy atom. The molecule has 0 unspecified atom stereocenters. The number of likely N-dealkylation sites (N-methyl/N-ethyl adjacent to an activating group) is 1. The van der Waals surface area contributed by atoms with E-state index in [9.17, 15) is 0 Å². The average Bonchev–Trinajstić information content (AvgIpc) is 2.29. The molecule has 0 saturated carbocycles. The zero-order valence-corrected chi connectivity index (χ0v) is 10.6. The van der Waals surface area contributed by atoms with E-state index in [1.165, 1.54) is 11.1 Å². The molecule has 0 aliphatic heterocycles. The molecule has 2 nitrogen and oxygen atoms in total. The molecule has 0 amide bonds. The molecule has 90 valence electrons. The Balaban J connectivity index is 2.27. The minimum atomic E-state index is 0.612. The van der Waals surface area contributed by atoms with Crippen LogP contribution in [-0.2, 0) is 11.2 Å². The number of hydrogen-bond donors (Lipinski definition) is 1. The molecule has 1 rings (SSSR count). The molecular weight excluding hydrogens is 198 g/mol. The zero-order valence-electron chi connectivity index (χ0n) is 10.6. The van der Waals surface area contributed by atoms with Gasteiger partial charge in [0.1, 0.15) is 0 Å². The van der Waals surface area contributed by atoms with Crippen molar-refractivity contribution in [2.75, 3.05) is 26.8 Å². The Bertz CT molecular complexity index is 279. The third-order valence-corrected chi connectivity index (χ3v) is 2.68. The summed E-state index contributed by atoms with van der Waals surface area (Å²) in [7, 11) is 1.94. The van der Waals surface area contributed by atoms with Crippen molar-refractivity contribution in [2.45, 2.75) is 26.2 Å². The Kier molecular flexibility index (Phi) is 6.12. The maximum atomic E-state index is 5.49. The van der Waals surface area contributed by atoms with E-state index in [-0.39, 0.29) is 0 Å². The van der Waals surface area contributed by atoms with Gasteiger partial charge in [0, 0.05) is 6.54 Å². The lowest BCUT2D eigenvalue weighted by atomic mass is 10.0. The lowest BCUT2D eigenvalue weighted by Gasteiger charge is -2.07. The molecule has 0 spiro atoms.